The lowest BCUT2D eigenvalue weighted by atomic mass is 9.49. The van der Waals surface area contributed by atoms with Crippen molar-refractivity contribution in [2.24, 2.45) is 16.7 Å². The van der Waals surface area contributed by atoms with E-state index >= 15 is 0 Å². The van der Waals surface area contributed by atoms with Crippen LogP contribution in [-0.2, 0) is 30.3 Å². The number of ether oxygens (including phenoxy) is 4. The van der Waals surface area contributed by atoms with Gasteiger partial charge in [0.15, 0.2) is 5.79 Å². The Morgan fingerprint density at radius 2 is 1.94 bits per heavy atom. The van der Waals surface area contributed by atoms with Gasteiger partial charge in [0.25, 0.3) is 0 Å². The summed E-state index contributed by atoms with van der Waals surface area (Å²) in [4.78, 5) is 24.9. The van der Waals surface area contributed by atoms with Crippen molar-refractivity contribution in [3.05, 3.63) is 35.9 Å². The molecule has 1 spiro atoms. The first-order chi connectivity index (χ1) is 16.2. The highest BCUT2D eigenvalue weighted by molar-refractivity contribution is 5.72. The number of hydrogen-bond acceptors (Lipinski definition) is 6. The number of nitrogens with one attached hydrogen (secondary N) is 1. The zero-order valence-electron chi connectivity index (χ0n) is 20.6. The van der Waals surface area contributed by atoms with Gasteiger partial charge in [0, 0.05) is 31.2 Å². The molecular weight excluding hydrogens is 434 g/mol. The topological polar surface area (TPSA) is 83.1 Å². The van der Waals surface area contributed by atoms with Gasteiger partial charge in [-0.15, -0.1) is 0 Å². The Kier molecular flexibility index (Phi) is 5.92. The van der Waals surface area contributed by atoms with Crippen LogP contribution in [-0.4, -0.2) is 36.3 Å². The Hall–Kier alpha value is -2.12. The van der Waals surface area contributed by atoms with Crippen molar-refractivity contribution >= 4 is 12.1 Å². The molecule has 1 aromatic rings. The maximum Gasteiger partial charge on any atom is 0.407 e. The maximum absolute atomic E-state index is 12.6. The molecule has 3 heterocycles. The molecule has 1 amide bonds. The van der Waals surface area contributed by atoms with Crippen LogP contribution < -0.4 is 5.32 Å². The fraction of sp³-hybridized carbons (Fsp3) is 0.704. The van der Waals surface area contributed by atoms with Crippen LogP contribution in [0.15, 0.2) is 30.3 Å². The van der Waals surface area contributed by atoms with Crippen molar-refractivity contribution in [2.75, 3.05) is 6.54 Å². The van der Waals surface area contributed by atoms with E-state index in [-0.39, 0.29) is 29.5 Å². The third-order valence-corrected chi connectivity index (χ3v) is 8.97. The highest BCUT2D eigenvalue weighted by Gasteiger charge is 2.71. The van der Waals surface area contributed by atoms with Crippen molar-refractivity contribution in [1.29, 1.82) is 0 Å². The average molecular weight is 472 g/mol. The molecule has 1 saturated carbocycles. The minimum Gasteiger partial charge on any atom is -0.445 e. The van der Waals surface area contributed by atoms with Gasteiger partial charge in [-0.05, 0) is 42.6 Å². The van der Waals surface area contributed by atoms with E-state index in [1.54, 1.807) is 0 Å². The van der Waals surface area contributed by atoms with Gasteiger partial charge < -0.3 is 24.3 Å². The minimum absolute atomic E-state index is 0.119. The number of esters is 1. The maximum atomic E-state index is 12.6. The predicted molar refractivity (Wildman–Crippen MR) is 124 cm³/mol. The number of alkyl carbamates (subject to hydrolysis) is 1. The summed E-state index contributed by atoms with van der Waals surface area (Å²) in [5, 5.41) is 2.86. The van der Waals surface area contributed by atoms with Crippen LogP contribution in [0.25, 0.3) is 0 Å². The number of carbonyl (C=O) groups is 2. The predicted octanol–water partition coefficient (Wildman–Crippen LogP) is 5.07. The highest BCUT2D eigenvalue weighted by atomic mass is 16.8. The van der Waals surface area contributed by atoms with Crippen LogP contribution >= 0.6 is 0 Å². The zero-order chi connectivity index (χ0) is 24.0. The lowest BCUT2D eigenvalue weighted by molar-refractivity contribution is -0.453. The summed E-state index contributed by atoms with van der Waals surface area (Å²) >= 11 is 0. The van der Waals surface area contributed by atoms with Gasteiger partial charge in [-0.25, -0.2) is 4.79 Å². The van der Waals surface area contributed by atoms with E-state index in [0.29, 0.717) is 25.3 Å². The SMILES string of the molecule is C[C@H]1C[C@H](CNC(=O)OCc2ccccc2)O[C@]2(CC[C@@]3(C)[C@]4(C)CCC[C@]3(OC(=O)C4)O2)C1. The first kappa shape index (κ1) is 23.6. The normalized spacial score (nSPS) is 41.3. The number of amides is 1. The molecule has 6 atom stereocenters. The Balaban J connectivity index is 1.25. The van der Waals surface area contributed by atoms with Gasteiger partial charge in [-0.3, -0.25) is 4.79 Å². The van der Waals surface area contributed by atoms with Crippen molar-refractivity contribution in [3.63, 3.8) is 0 Å². The van der Waals surface area contributed by atoms with Crippen molar-refractivity contribution in [1.82, 2.24) is 5.32 Å². The molecule has 1 N–H and O–H groups in total. The van der Waals surface area contributed by atoms with E-state index in [1.807, 2.05) is 30.3 Å². The third-order valence-electron chi connectivity index (χ3n) is 8.97. The molecule has 34 heavy (non-hydrogen) atoms. The molecule has 3 saturated heterocycles. The summed E-state index contributed by atoms with van der Waals surface area (Å²) in [6, 6.07) is 9.61. The fourth-order valence-electron chi connectivity index (χ4n) is 6.96. The largest absolute Gasteiger partial charge is 0.445 e. The smallest absolute Gasteiger partial charge is 0.407 e. The summed E-state index contributed by atoms with van der Waals surface area (Å²) in [5.74, 6) is -1.54. The van der Waals surface area contributed by atoms with Crippen LogP contribution in [0.5, 0.6) is 0 Å². The summed E-state index contributed by atoms with van der Waals surface area (Å²) in [6.45, 7) is 7.23. The summed E-state index contributed by atoms with van der Waals surface area (Å²) < 4.78 is 24.8. The summed E-state index contributed by atoms with van der Waals surface area (Å²) in [7, 11) is 0. The second kappa shape index (κ2) is 8.52. The quantitative estimate of drug-likeness (QED) is 0.617. The van der Waals surface area contributed by atoms with E-state index in [9.17, 15) is 9.59 Å². The Morgan fingerprint density at radius 1 is 1.15 bits per heavy atom. The van der Waals surface area contributed by atoms with Gasteiger partial charge in [-0.1, -0.05) is 51.1 Å². The number of carbonyl (C=O) groups excluding carboxylic acids is 2. The van der Waals surface area contributed by atoms with Gasteiger partial charge in [0.1, 0.15) is 6.61 Å². The van der Waals surface area contributed by atoms with Crippen LogP contribution in [0, 0.1) is 16.7 Å². The van der Waals surface area contributed by atoms with E-state index in [4.69, 9.17) is 18.9 Å². The van der Waals surface area contributed by atoms with E-state index in [1.165, 1.54) is 0 Å². The van der Waals surface area contributed by atoms with E-state index in [0.717, 1.165) is 44.1 Å². The first-order valence-electron chi connectivity index (χ1n) is 12.7. The third kappa shape index (κ3) is 4.01. The average Bonchev–Trinajstić information content (AvgIpc) is 2.77. The molecule has 1 aliphatic carbocycles. The van der Waals surface area contributed by atoms with Crippen molar-refractivity contribution in [3.8, 4) is 0 Å². The molecule has 7 nitrogen and oxygen atoms in total. The monoisotopic (exact) mass is 471 g/mol. The van der Waals surface area contributed by atoms with Gasteiger partial charge in [-0.2, -0.15) is 0 Å². The van der Waals surface area contributed by atoms with Crippen LogP contribution in [0.2, 0.25) is 0 Å². The Morgan fingerprint density at radius 3 is 2.74 bits per heavy atom. The molecule has 3 aliphatic heterocycles. The Labute approximate surface area is 201 Å². The molecule has 0 aromatic heterocycles. The fourth-order valence-corrected chi connectivity index (χ4v) is 6.96. The summed E-state index contributed by atoms with van der Waals surface area (Å²) in [5.41, 5.74) is 0.598. The van der Waals surface area contributed by atoms with Crippen LogP contribution in [0.3, 0.4) is 0 Å². The number of hydrogen-bond donors (Lipinski definition) is 1. The lowest BCUT2D eigenvalue weighted by Crippen LogP contribution is -2.71. The molecule has 1 aromatic carbocycles. The second-order valence-electron chi connectivity index (χ2n) is 11.4. The summed E-state index contributed by atoms with van der Waals surface area (Å²) in [6.07, 6.45) is 5.74. The van der Waals surface area contributed by atoms with Crippen molar-refractivity contribution in [2.45, 2.75) is 96.4 Å². The molecule has 4 fully saturated rings. The molecule has 5 rings (SSSR count). The number of benzene rings is 1. The molecular formula is C27H37NO6. The molecule has 186 valence electrons. The van der Waals surface area contributed by atoms with Crippen molar-refractivity contribution < 1.29 is 28.5 Å². The van der Waals surface area contributed by atoms with Gasteiger partial charge in [0.05, 0.1) is 12.5 Å². The Bertz CT molecular complexity index is 938. The zero-order valence-corrected chi connectivity index (χ0v) is 20.6. The van der Waals surface area contributed by atoms with Gasteiger partial charge >= 0.3 is 12.1 Å². The van der Waals surface area contributed by atoms with Gasteiger partial charge in [0.2, 0.25) is 5.79 Å². The number of rotatable bonds is 4. The molecule has 4 aliphatic rings. The molecule has 0 radical (unpaired) electrons. The highest BCUT2D eigenvalue weighted by Crippen LogP contribution is 2.68. The standard InChI is InChI=1S/C27H37NO6/c1-19-14-21(17-28-23(30)31-18-20-8-5-4-6-9-20)32-26(15-19)13-12-25(3)24(2)10-7-11-27(25,34-26)33-22(29)16-24/h4-6,8-9,19,21H,7,10-18H2,1-3H3,(H,28,30)/t19-,21+,24+,25-,26-,27-/m0/s1. The minimum atomic E-state index is -0.933. The van der Waals surface area contributed by atoms with Crippen LogP contribution in [0.4, 0.5) is 4.79 Å². The second-order valence-corrected chi connectivity index (χ2v) is 11.4. The lowest BCUT2D eigenvalue weighted by Gasteiger charge is -2.67. The molecule has 7 heteroatoms. The first-order valence-corrected chi connectivity index (χ1v) is 12.7. The van der Waals surface area contributed by atoms with E-state index in [2.05, 4.69) is 26.1 Å². The molecule has 0 unspecified atom stereocenters. The molecule has 2 bridgehead atoms. The van der Waals surface area contributed by atoms with Crippen LogP contribution in [0.1, 0.15) is 77.7 Å². The van der Waals surface area contributed by atoms with E-state index < -0.39 is 17.7 Å².